The first-order chi connectivity index (χ1) is 9.09. The fraction of sp³-hybridized carbons (Fsp3) is 0. The minimum absolute atomic E-state index is 0. The number of nitro benzene ring substituents is 2. The lowest BCUT2D eigenvalue weighted by molar-refractivity contribution is -0.590. The quantitative estimate of drug-likeness (QED) is 0.232. The molecule has 20 heavy (non-hydrogen) atoms. The van der Waals surface area contributed by atoms with Crippen LogP contribution in [0.15, 0.2) is 36.4 Å². The second-order valence-electron chi connectivity index (χ2n) is 3.88. The molecule has 0 radical (unpaired) electrons. The third-order valence-electron chi connectivity index (χ3n) is 2.83. The summed E-state index contributed by atoms with van der Waals surface area (Å²) < 4.78 is 1.75. The maximum Gasteiger partial charge on any atom is 0.359 e. The molecule has 0 aliphatic carbocycles. The highest BCUT2D eigenvalue weighted by molar-refractivity contribution is 5.81. The molecule has 0 spiro atoms. The molecule has 2 aromatic rings. The Morgan fingerprint density at radius 1 is 0.800 bits per heavy atom. The van der Waals surface area contributed by atoms with Crippen LogP contribution in [0.25, 0.3) is 11.1 Å². The van der Waals surface area contributed by atoms with Crippen molar-refractivity contribution in [1.29, 1.82) is 0 Å². The SMILES string of the molecule is O=[N+]([O-])c1cccc2c1-c1c(cccc1[N+](=O)[O-])[I+]2.[Br-]. The zero-order chi connectivity index (χ0) is 13.6. The topological polar surface area (TPSA) is 86.3 Å². The molecular formula is C12H6BrIN2O4. The van der Waals surface area contributed by atoms with E-state index < -0.39 is 31.1 Å². The fourth-order valence-corrected chi connectivity index (χ4v) is 5.12. The molecule has 6 nitrogen and oxygen atoms in total. The molecule has 1 heterocycles. The van der Waals surface area contributed by atoms with Crippen LogP contribution in [-0.2, 0) is 0 Å². The van der Waals surface area contributed by atoms with Crippen LogP contribution in [0.4, 0.5) is 11.4 Å². The average molecular weight is 449 g/mol. The molecule has 102 valence electrons. The second kappa shape index (κ2) is 5.44. The van der Waals surface area contributed by atoms with Gasteiger partial charge in [0.05, 0.1) is 9.85 Å². The van der Waals surface area contributed by atoms with Crippen molar-refractivity contribution in [3.05, 3.63) is 63.8 Å². The molecular weight excluding hydrogens is 443 g/mol. The highest BCUT2D eigenvalue weighted by Gasteiger charge is 2.43. The number of fused-ring (bicyclic) bond motifs is 3. The normalized spacial score (nSPS) is 11.2. The van der Waals surface area contributed by atoms with Crippen molar-refractivity contribution in [3.63, 3.8) is 0 Å². The third kappa shape index (κ3) is 2.18. The highest BCUT2D eigenvalue weighted by Crippen LogP contribution is 2.37. The van der Waals surface area contributed by atoms with E-state index in [0.29, 0.717) is 11.1 Å². The van der Waals surface area contributed by atoms with Gasteiger partial charge < -0.3 is 17.0 Å². The van der Waals surface area contributed by atoms with Crippen molar-refractivity contribution < 1.29 is 48.0 Å². The van der Waals surface area contributed by atoms with Crippen molar-refractivity contribution in [2.24, 2.45) is 0 Å². The number of halogens is 2. The summed E-state index contributed by atoms with van der Waals surface area (Å²) >= 11 is -0.591. The summed E-state index contributed by atoms with van der Waals surface area (Å²) in [5.41, 5.74) is 0.765. The van der Waals surface area contributed by atoms with E-state index in [2.05, 4.69) is 0 Å². The minimum atomic E-state index is -0.591. The molecule has 0 atom stereocenters. The summed E-state index contributed by atoms with van der Waals surface area (Å²) in [6, 6.07) is 9.70. The molecule has 0 unspecified atom stereocenters. The number of benzene rings is 2. The monoisotopic (exact) mass is 448 g/mol. The maximum atomic E-state index is 11.1. The second-order valence-corrected chi connectivity index (χ2v) is 6.74. The summed E-state index contributed by atoms with van der Waals surface area (Å²) in [6.07, 6.45) is 0. The van der Waals surface area contributed by atoms with Crippen LogP contribution < -0.4 is 38.2 Å². The smallest absolute Gasteiger partial charge is 0.359 e. The molecule has 0 amide bonds. The van der Waals surface area contributed by atoms with Crippen LogP contribution >= 0.6 is 0 Å². The first-order valence-corrected chi connectivity index (χ1v) is 7.45. The van der Waals surface area contributed by atoms with E-state index in [1.54, 1.807) is 12.1 Å². The van der Waals surface area contributed by atoms with Crippen molar-refractivity contribution in [2.45, 2.75) is 0 Å². The van der Waals surface area contributed by atoms with E-state index in [4.69, 9.17) is 0 Å². The molecule has 0 N–H and O–H groups in total. The summed E-state index contributed by atoms with van der Waals surface area (Å²) in [4.78, 5) is 21.2. The van der Waals surface area contributed by atoms with E-state index in [1.165, 1.54) is 12.1 Å². The molecule has 2 aromatic carbocycles. The van der Waals surface area contributed by atoms with Crippen LogP contribution in [0, 0.1) is 27.4 Å². The predicted octanol–water partition coefficient (Wildman–Crippen LogP) is -3.38. The summed E-state index contributed by atoms with van der Waals surface area (Å²) in [5.74, 6) is 0. The Labute approximate surface area is 134 Å². The Balaban J connectivity index is 0.00000147. The number of hydrogen-bond acceptors (Lipinski definition) is 4. The van der Waals surface area contributed by atoms with Crippen molar-refractivity contribution in [2.75, 3.05) is 0 Å². The van der Waals surface area contributed by atoms with Gasteiger partial charge in [0.1, 0.15) is 11.1 Å². The van der Waals surface area contributed by atoms with E-state index in [-0.39, 0.29) is 28.4 Å². The van der Waals surface area contributed by atoms with Gasteiger partial charge in [-0.2, -0.15) is 0 Å². The molecule has 0 saturated heterocycles. The van der Waals surface area contributed by atoms with Crippen LogP contribution in [0.2, 0.25) is 0 Å². The summed E-state index contributed by atoms with van der Waals surface area (Å²) in [7, 11) is 0. The molecule has 0 aromatic heterocycles. The Kier molecular flexibility index (Phi) is 4.04. The van der Waals surface area contributed by atoms with Gasteiger partial charge in [0.25, 0.3) is 11.4 Å². The van der Waals surface area contributed by atoms with E-state index in [0.717, 1.165) is 7.14 Å². The molecule has 1 aliphatic heterocycles. The minimum Gasteiger partial charge on any atom is -1.00 e. The maximum absolute atomic E-state index is 11.1. The highest BCUT2D eigenvalue weighted by atomic mass is 127. The van der Waals surface area contributed by atoms with Crippen molar-refractivity contribution in [3.8, 4) is 11.1 Å². The van der Waals surface area contributed by atoms with Gasteiger partial charge in [-0.15, -0.1) is 0 Å². The molecule has 0 bridgehead atoms. The van der Waals surface area contributed by atoms with Crippen LogP contribution in [0.3, 0.4) is 0 Å². The standard InChI is InChI=1S/C12H6IN2O4.BrH/c16-14(17)9-5-1-3-7-11(9)12-8(13-7)4-2-6-10(12)15(18)19;/h1-6H;1H/q+1;/p-1. The van der Waals surface area contributed by atoms with Crippen LogP contribution in [-0.4, -0.2) is 9.85 Å². The van der Waals surface area contributed by atoms with Gasteiger partial charge in [0.2, 0.25) is 7.14 Å². The van der Waals surface area contributed by atoms with Crippen molar-refractivity contribution in [1.82, 2.24) is 0 Å². The van der Waals surface area contributed by atoms with E-state index in [9.17, 15) is 20.2 Å². The Morgan fingerprint density at radius 3 is 1.55 bits per heavy atom. The van der Waals surface area contributed by atoms with Crippen LogP contribution in [0.5, 0.6) is 0 Å². The lowest BCUT2D eigenvalue weighted by Gasteiger charge is -1.99. The van der Waals surface area contributed by atoms with Gasteiger partial charge >= 0.3 is 21.2 Å². The van der Waals surface area contributed by atoms with Gasteiger partial charge in [0.15, 0.2) is 0 Å². The zero-order valence-corrected chi connectivity index (χ0v) is 13.5. The van der Waals surface area contributed by atoms with Gasteiger partial charge in [-0.05, 0) is 12.1 Å². The van der Waals surface area contributed by atoms with Gasteiger partial charge in [-0.3, -0.25) is 20.2 Å². The Bertz CT molecular complexity index is 674. The molecule has 0 fully saturated rings. The van der Waals surface area contributed by atoms with Gasteiger partial charge in [0, 0.05) is 12.1 Å². The zero-order valence-electron chi connectivity index (χ0n) is 9.75. The average Bonchev–Trinajstić information content (AvgIpc) is 2.76. The molecule has 8 heteroatoms. The van der Waals surface area contributed by atoms with Crippen LogP contribution in [0.1, 0.15) is 0 Å². The van der Waals surface area contributed by atoms with E-state index >= 15 is 0 Å². The molecule has 3 rings (SSSR count). The Morgan fingerprint density at radius 2 is 1.20 bits per heavy atom. The third-order valence-corrected chi connectivity index (χ3v) is 5.79. The van der Waals surface area contributed by atoms with Gasteiger partial charge in [-0.1, -0.05) is 12.1 Å². The fourth-order valence-electron chi connectivity index (χ4n) is 2.09. The molecule has 1 aliphatic rings. The largest absolute Gasteiger partial charge is 1.00 e. The number of hydrogen-bond donors (Lipinski definition) is 0. The van der Waals surface area contributed by atoms with Gasteiger partial charge in [-0.25, -0.2) is 0 Å². The number of nitrogens with zero attached hydrogens (tertiary/aromatic N) is 2. The van der Waals surface area contributed by atoms with Crippen molar-refractivity contribution >= 4 is 11.4 Å². The lowest BCUT2D eigenvalue weighted by atomic mass is 10.0. The predicted molar refractivity (Wildman–Crippen MR) is 62.6 cm³/mol. The number of rotatable bonds is 2. The first-order valence-electron chi connectivity index (χ1n) is 5.29. The number of nitro groups is 2. The molecule has 0 saturated carbocycles. The lowest BCUT2D eigenvalue weighted by Crippen LogP contribution is -3.61. The summed E-state index contributed by atoms with van der Waals surface area (Å²) in [5, 5.41) is 22.2. The Hall–Kier alpha value is -1.55. The summed E-state index contributed by atoms with van der Waals surface area (Å²) in [6.45, 7) is 0. The first kappa shape index (κ1) is 14.9. The van der Waals surface area contributed by atoms with E-state index in [1.807, 2.05) is 12.1 Å².